The van der Waals surface area contributed by atoms with Crippen LogP contribution in [0.5, 0.6) is 0 Å². The fourth-order valence-corrected chi connectivity index (χ4v) is 1.88. The lowest BCUT2D eigenvalue weighted by atomic mass is 10.1. The average Bonchev–Trinajstić information content (AvgIpc) is 2.46. The SMILES string of the molecule is C(#Cc1ccc2ccccc2c1)c1c[c]ccc1. The van der Waals surface area contributed by atoms with Crippen LogP contribution in [0.3, 0.4) is 0 Å². The minimum absolute atomic E-state index is 0.991. The molecule has 0 nitrogen and oxygen atoms in total. The predicted molar refractivity (Wildman–Crippen MR) is 75.2 cm³/mol. The van der Waals surface area contributed by atoms with Crippen molar-refractivity contribution in [1.29, 1.82) is 0 Å². The highest BCUT2D eigenvalue weighted by atomic mass is 14.0. The maximum atomic E-state index is 3.18. The summed E-state index contributed by atoms with van der Waals surface area (Å²) < 4.78 is 0. The molecule has 0 atom stereocenters. The molecular formula is C18H11. The molecule has 0 amide bonds. The standard InChI is InChI=1S/C18H11/c1-2-6-15(7-3-1)10-11-16-12-13-17-8-4-5-9-18(17)14-16/h1-2,4-9,12-14H. The third-order valence-electron chi connectivity index (χ3n) is 2.81. The number of fused-ring (bicyclic) bond motifs is 1. The van der Waals surface area contributed by atoms with Crippen LogP contribution in [-0.2, 0) is 0 Å². The Balaban J connectivity index is 1.99. The van der Waals surface area contributed by atoms with Crippen LogP contribution >= 0.6 is 0 Å². The van der Waals surface area contributed by atoms with E-state index in [0.29, 0.717) is 0 Å². The van der Waals surface area contributed by atoms with E-state index in [1.165, 1.54) is 10.8 Å². The van der Waals surface area contributed by atoms with Crippen LogP contribution in [-0.4, -0.2) is 0 Å². The average molecular weight is 227 g/mol. The Labute approximate surface area is 107 Å². The minimum Gasteiger partial charge on any atom is -0.0616 e. The summed E-state index contributed by atoms with van der Waals surface area (Å²) in [5.74, 6) is 6.33. The van der Waals surface area contributed by atoms with E-state index in [0.717, 1.165) is 11.1 Å². The van der Waals surface area contributed by atoms with Crippen molar-refractivity contribution < 1.29 is 0 Å². The maximum Gasteiger partial charge on any atom is 0.0255 e. The molecule has 0 bridgehead atoms. The van der Waals surface area contributed by atoms with Crippen molar-refractivity contribution in [2.24, 2.45) is 0 Å². The first-order chi connectivity index (χ1) is 8.92. The Morgan fingerprint density at radius 3 is 2.39 bits per heavy atom. The van der Waals surface area contributed by atoms with Crippen LogP contribution in [0.25, 0.3) is 10.8 Å². The van der Waals surface area contributed by atoms with Crippen LogP contribution in [0, 0.1) is 17.9 Å². The zero-order valence-corrected chi connectivity index (χ0v) is 9.85. The fourth-order valence-electron chi connectivity index (χ4n) is 1.88. The van der Waals surface area contributed by atoms with E-state index in [4.69, 9.17) is 0 Å². The summed E-state index contributed by atoms with van der Waals surface area (Å²) in [6, 6.07) is 25.3. The number of hydrogen-bond acceptors (Lipinski definition) is 0. The zero-order valence-electron chi connectivity index (χ0n) is 9.85. The summed E-state index contributed by atoms with van der Waals surface area (Å²) in [5, 5.41) is 2.47. The molecule has 0 aliphatic rings. The molecule has 0 fully saturated rings. The maximum absolute atomic E-state index is 3.18. The number of rotatable bonds is 0. The molecule has 0 aromatic heterocycles. The van der Waals surface area contributed by atoms with Gasteiger partial charge in [0.05, 0.1) is 0 Å². The normalized spacial score (nSPS) is 9.78. The van der Waals surface area contributed by atoms with Gasteiger partial charge in [-0.25, -0.2) is 0 Å². The highest BCUT2D eigenvalue weighted by molar-refractivity contribution is 5.83. The van der Waals surface area contributed by atoms with E-state index in [-0.39, 0.29) is 0 Å². The fraction of sp³-hybridized carbons (Fsp3) is 0. The van der Waals surface area contributed by atoms with Gasteiger partial charge in [0, 0.05) is 11.1 Å². The molecule has 0 aliphatic heterocycles. The van der Waals surface area contributed by atoms with Crippen molar-refractivity contribution in [2.75, 3.05) is 0 Å². The molecule has 1 radical (unpaired) electrons. The lowest BCUT2D eigenvalue weighted by Crippen LogP contribution is -1.77. The smallest absolute Gasteiger partial charge is 0.0255 e. The van der Waals surface area contributed by atoms with Gasteiger partial charge in [0.25, 0.3) is 0 Å². The molecule has 18 heavy (non-hydrogen) atoms. The van der Waals surface area contributed by atoms with Crippen molar-refractivity contribution in [1.82, 2.24) is 0 Å². The van der Waals surface area contributed by atoms with Crippen LogP contribution in [0.1, 0.15) is 11.1 Å². The second-order valence-electron chi connectivity index (χ2n) is 4.10. The summed E-state index contributed by atoms with van der Waals surface area (Å²) in [6.45, 7) is 0. The molecule has 0 heteroatoms. The molecule has 3 aromatic rings. The third-order valence-corrected chi connectivity index (χ3v) is 2.81. The second-order valence-corrected chi connectivity index (χ2v) is 4.10. The molecule has 3 rings (SSSR count). The van der Waals surface area contributed by atoms with E-state index < -0.39 is 0 Å². The number of benzene rings is 3. The molecule has 0 unspecified atom stereocenters. The lowest BCUT2D eigenvalue weighted by Gasteiger charge is -1.97. The van der Waals surface area contributed by atoms with Gasteiger partial charge in [0.1, 0.15) is 0 Å². The van der Waals surface area contributed by atoms with E-state index in [9.17, 15) is 0 Å². The highest BCUT2D eigenvalue weighted by Crippen LogP contribution is 2.14. The van der Waals surface area contributed by atoms with Crippen molar-refractivity contribution >= 4 is 10.8 Å². The Bertz CT molecular complexity index is 728. The van der Waals surface area contributed by atoms with Gasteiger partial charge in [0.15, 0.2) is 0 Å². The number of hydrogen-bond donors (Lipinski definition) is 0. The minimum atomic E-state index is 0.991. The summed E-state index contributed by atoms with van der Waals surface area (Å²) in [6.07, 6.45) is 0. The van der Waals surface area contributed by atoms with Gasteiger partial charge < -0.3 is 0 Å². The summed E-state index contributed by atoms with van der Waals surface area (Å²) in [7, 11) is 0. The van der Waals surface area contributed by atoms with Crippen molar-refractivity contribution in [3.05, 3.63) is 83.9 Å². The van der Waals surface area contributed by atoms with E-state index >= 15 is 0 Å². The van der Waals surface area contributed by atoms with Crippen LogP contribution in [0.15, 0.2) is 66.7 Å². The van der Waals surface area contributed by atoms with Gasteiger partial charge in [-0.2, -0.15) is 0 Å². The quantitative estimate of drug-likeness (QED) is 0.508. The Kier molecular flexibility index (Phi) is 2.82. The molecule has 0 saturated heterocycles. The highest BCUT2D eigenvalue weighted by Gasteiger charge is 1.92. The zero-order chi connectivity index (χ0) is 12.2. The van der Waals surface area contributed by atoms with E-state index in [2.05, 4.69) is 48.2 Å². The Hall–Kier alpha value is -2.52. The third kappa shape index (κ3) is 2.26. The Morgan fingerprint density at radius 2 is 1.56 bits per heavy atom. The van der Waals surface area contributed by atoms with Crippen LogP contribution in [0.4, 0.5) is 0 Å². The first-order valence-electron chi connectivity index (χ1n) is 5.89. The van der Waals surface area contributed by atoms with Crippen LogP contribution in [0.2, 0.25) is 0 Å². The first-order valence-corrected chi connectivity index (χ1v) is 5.89. The topological polar surface area (TPSA) is 0 Å². The molecule has 0 saturated carbocycles. The Morgan fingerprint density at radius 1 is 0.722 bits per heavy atom. The van der Waals surface area contributed by atoms with Crippen LogP contribution < -0.4 is 0 Å². The van der Waals surface area contributed by atoms with E-state index in [1.54, 1.807) is 0 Å². The summed E-state index contributed by atoms with van der Waals surface area (Å²) in [5.41, 5.74) is 2.03. The summed E-state index contributed by atoms with van der Waals surface area (Å²) >= 11 is 0. The van der Waals surface area contributed by atoms with Gasteiger partial charge in [-0.3, -0.25) is 0 Å². The van der Waals surface area contributed by atoms with E-state index in [1.807, 2.05) is 36.4 Å². The molecule has 0 heterocycles. The van der Waals surface area contributed by atoms with Crippen molar-refractivity contribution in [2.45, 2.75) is 0 Å². The monoisotopic (exact) mass is 227 g/mol. The first kappa shape index (κ1) is 10.6. The van der Waals surface area contributed by atoms with Crippen molar-refractivity contribution in [3.63, 3.8) is 0 Å². The second kappa shape index (κ2) is 4.77. The van der Waals surface area contributed by atoms with Gasteiger partial charge >= 0.3 is 0 Å². The van der Waals surface area contributed by atoms with Crippen molar-refractivity contribution in [3.8, 4) is 11.8 Å². The largest absolute Gasteiger partial charge is 0.0616 e. The lowest BCUT2D eigenvalue weighted by molar-refractivity contribution is 1.63. The van der Waals surface area contributed by atoms with Gasteiger partial charge in [-0.05, 0) is 41.1 Å². The summed E-state index contributed by atoms with van der Waals surface area (Å²) in [4.78, 5) is 0. The molecule has 0 spiro atoms. The molecule has 0 N–H and O–H groups in total. The molecule has 83 valence electrons. The molecule has 0 aliphatic carbocycles. The van der Waals surface area contributed by atoms with Gasteiger partial charge in [0.2, 0.25) is 0 Å². The van der Waals surface area contributed by atoms with Gasteiger partial charge in [-0.1, -0.05) is 54.3 Å². The molecular weight excluding hydrogens is 216 g/mol. The predicted octanol–water partition coefficient (Wildman–Crippen LogP) is 4.04. The molecule has 3 aromatic carbocycles. The van der Waals surface area contributed by atoms with Gasteiger partial charge in [-0.15, -0.1) is 0 Å².